The molecule has 2 aromatic carbocycles. The number of pyridine rings is 2. The Morgan fingerprint density at radius 2 is 1.82 bits per heavy atom. The molecular weight excluding hydrogens is 644 g/mol. The molecule has 1 aliphatic heterocycles. The van der Waals surface area contributed by atoms with Crippen LogP contribution in [0.25, 0.3) is 28.0 Å². The molecule has 3 aromatic heterocycles. The smallest absolute Gasteiger partial charge is 0.355 e. The number of benzene rings is 2. The number of carbonyl (C=O) groups excluding carboxylic acids is 2. The van der Waals surface area contributed by atoms with Crippen molar-refractivity contribution in [1.82, 2.24) is 24.4 Å². The summed E-state index contributed by atoms with van der Waals surface area (Å²) in [7, 11) is 0. The number of phenolic OH excluding ortho intramolecular Hbond substituents is 1. The van der Waals surface area contributed by atoms with E-state index >= 15 is 8.78 Å². The molecule has 5 aromatic rings. The zero-order valence-electron chi connectivity index (χ0n) is 27.9. The van der Waals surface area contributed by atoms with Gasteiger partial charge in [0.15, 0.2) is 11.5 Å². The van der Waals surface area contributed by atoms with Gasteiger partial charge in [0, 0.05) is 43.1 Å². The van der Waals surface area contributed by atoms with E-state index in [4.69, 9.17) is 0 Å². The van der Waals surface area contributed by atoms with Crippen molar-refractivity contribution >= 4 is 34.4 Å². The first-order chi connectivity index (χ1) is 23.9. The number of nitrogens with one attached hydrogen (secondary N) is 1. The lowest BCUT2D eigenvalue weighted by Crippen LogP contribution is -2.54. The van der Waals surface area contributed by atoms with Crippen molar-refractivity contribution in [3.63, 3.8) is 0 Å². The van der Waals surface area contributed by atoms with Gasteiger partial charge in [0.25, 0.3) is 5.91 Å². The first-order valence-corrected chi connectivity index (χ1v) is 16.1. The van der Waals surface area contributed by atoms with Crippen molar-refractivity contribution in [3.8, 4) is 22.7 Å². The van der Waals surface area contributed by atoms with Crippen LogP contribution in [0.3, 0.4) is 0 Å². The molecule has 1 aliphatic rings. The molecule has 0 aliphatic carbocycles. The van der Waals surface area contributed by atoms with Crippen molar-refractivity contribution in [2.75, 3.05) is 29.9 Å². The van der Waals surface area contributed by atoms with Crippen LogP contribution in [0.15, 0.2) is 78.2 Å². The number of nitrogens with zero attached hydrogens (tertiary/aromatic N) is 6. The van der Waals surface area contributed by atoms with E-state index in [2.05, 4.69) is 26.8 Å². The highest BCUT2D eigenvalue weighted by Gasteiger charge is 2.32. The number of aromatic nitrogens is 4. The fraction of sp³-hybridized carbons (Fsp3) is 0.243. The monoisotopic (exact) mass is 679 g/mol. The molecule has 256 valence electrons. The predicted molar refractivity (Wildman–Crippen MR) is 187 cm³/mol. The van der Waals surface area contributed by atoms with E-state index in [0.29, 0.717) is 28.2 Å². The van der Waals surface area contributed by atoms with Gasteiger partial charge in [0.2, 0.25) is 5.91 Å². The van der Waals surface area contributed by atoms with E-state index in [1.807, 2.05) is 32.6 Å². The molecule has 0 spiro atoms. The lowest BCUT2D eigenvalue weighted by atomic mass is 10.0. The number of aromatic hydroxyl groups is 1. The third kappa shape index (κ3) is 6.17. The summed E-state index contributed by atoms with van der Waals surface area (Å²) in [6.07, 6.45) is 2.77. The minimum absolute atomic E-state index is 0.00106. The Labute approximate surface area is 286 Å². The number of aryl methyl sites for hydroxylation is 1. The van der Waals surface area contributed by atoms with Gasteiger partial charge in [-0.1, -0.05) is 32.6 Å². The summed E-state index contributed by atoms with van der Waals surface area (Å²) < 4.78 is 32.4. The molecule has 0 saturated carbocycles. The topological polar surface area (TPSA) is 134 Å². The van der Waals surface area contributed by atoms with Crippen molar-refractivity contribution in [1.29, 1.82) is 0 Å². The molecule has 1 saturated heterocycles. The number of amides is 2. The number of phenols is 1. The summed E-state index contributed by atoms with van der Waals surface area (Å²) >= 11 is 0. The minimum atomic E-state index is -0.928. The molecule has 1 fully saturated rings. The van der Waals surface area contributed by atoms with Crippen LogP contribution in [0.1, 0.15) is 48.3 Å². The third-order valence-corrected chi connectivity index (χ3v) is 8.70. The quantitative estimate of drug-likeness (QED) is 0.208. The van der Waals surface area contributed by atoms with Gasteiger partial charge in [0.1, 0.15) is 23.1 Å². The minimum Gasteiger partial charge on any atom is -0.507 e. The molecule has 4 heterocycles. The Kier molecular flexibility index (Phi) is 9.15. The van der Waals surface area contributed by atoms with Crippen LogP contribution in [0.5, 0.6) is 5.75 Å². The van der Waals surface area contributed by atoms with E-state index in [0.717, 1.165) is 18.2 Å². The van der Waals surface area contributed by atoms with Crippen LogP contribution < -0.4 is 15.9 Å². The van der Waals surface area contributed by atoms with E-state index < -0.39 is 40.2 Å². The van der Waals surface area contributed by atoms with Crippen LogP contribution in [0, 0.1) is 18.6 Å². The first-order valence-electron chi connectivity index (χ1n) is 16.1. The maximum atomic E-state index is 16.1. The number of fused-ring (bicyclic) bond motifs is 1. The van der Waals surface area contributed by atoms with Gasteiger partial charge in [-0.15, -0.1) is 0 Å². The van der Waals surface area contributed by atoms with Gasteiger partial charge >= 0.3 is 5.69 Å². The maximum Gasteiger partial charge on any atom is 0.355 e. The lowest BCUT2D eigenvalue weighted by molar-refractivity contribution is -0.111. The van der Waals surface area contributed by atoms with Gasteiger partial charge in [0.05, 0.1) is 22.3 Å². The van der Waals surface area contributed by atoms with Crippen molar-refractivity contribution < 1.29 is 23.5 Å². The van der Waals surface area contributed by atoms with Crippen molar-refractivity contribution in [3.05, 3.63) is 112 Å². The Morgan fingerprint density at radius 3 is 2.52 bits per heavy atom. The van der Waals surface area contributed by atoms with Gasteiger partial charge in [-0.3, -0.25) is 14.6 Å². The Hall–Kier alpha value is -5.98. The summed E-state index contributed by atoms with van der Waals surface area (Å²) in [6.45, 7) is 11.7. The Balaban J connectivity index is 1.46. The van der Waals surface area contributed by atoms with Gasteiger partial charge < -0.3 is 20.2 Å². The van der Waals surface area contributed by atoms with Crippen molar-refractivity contribution in [2.24, 2.45) is 0 Å². The highest BCUT2D eigenvalue weighted by atomic mass is 19.1. The van der Waals surface area contributed by atoms with Crippen molar-refractivity contribution in [2.45, 2.75) is 39.7 Å². The standard InChI is InChI=1S/C37H35F2N7O4/c1-6-29(48)41-24-10-7-9-23(17-24)36(49)44-15-16-45(22(5)19-44)34-25-18-27(39)32(30-26(38)11-8-12-28(30)47)42-35(25)46(37(50)43-34)33-21(4)13-14-40-31(33)20(2)3/h6-14,17-18,20,22,47H,1,15-16,19H2,2-5H3,(H,41,48). The zero-order valence-corrected chi connectivity index (χ0v) is 27.9. The van der Waals surface area contributed by atoms with Crippen LogP contribution in [0.4, 0.5) is 20.3 Å². The molecule has 6 rings (SSSR count). The average Bonchev–Trinajstić information content (AvgIpc) is 3.08. The number of hydrogen-bond acceptors (Lipinski definition) is 8. The lowest BCUT2D eigenvalue weighted by Gasteiger charge is -2.41. The number of halogens is 2. The van der Waals surface area contributed by atoms with Gasteiger partial charge in [-0.2, -0.15) is 4.98 Å². The summed E-state index contributed by atoms with van der Waals surface area (Å²) in [5.41, 5.74) is 0.904. The first kappa shape index (κ1) is 33.9. The van der Waals surface area contributed by atoms with Crippen LogP contribution in [0.2, 0.25) is 0 Å². The molecule has 1 atom stereocenters. The van der Waals surface area contributed by atoms with E-state index in [1.54, 1.807) is 41.4 Å². The number of piperazine rings is 1. The summed E-state index contributed by atoms with van der Waals surface area (Å²) in [6, 6.07) is 12.7. The normalized spacial score (nSPS) is 14.7. The molecule has 13 heteroatoms. The molecule has 2 N–H and O–H groups in total. The van der Waals surface area contributed by atoms with Gasteiger partial charge in [-0.05, 0) is 73.9 Å². The Bertz CT molecular complexity index is 2220. The number of hydrogen-bond donors (Lipinski definition) is 2. The zero-order chi connectivity index (χ0) is 35.9. The largest absolute Gasteiger partial charge is 0.507 e. The Morgan fingerprint density at radius 1 is 1.06 bits per heavy atom. The highest BCUT2D eigenvalue weighted by molar-refractivity contribution is 6.01. The average molecular weight is 680 g/mol. The molecule has 2 amide bonds. The fourth-order valence-corrected chi connectivity index (χ4v) is 6.30. The van der Waals surface area contributed by atoms with E-state index in [9.17, 15) is 19.5 Å². The highest BCUT2D eigenvalue weighted by Crippen LogP contribution is 2.37. The third-order valence-electron chi connectivity index (χ3n) is 8.70. The second-order valence-electron chi connectivity index (χ2n) is 12.5. The number of carbonyl (C=O) groups is 2. The second kappa shape index (κ2) is 13.5. The molecular formula is C37H35F2N7O4. The maximum absolute atomic E-state index is 16.1. The fourth-order valence-electron chi connectivity index (χ4n) is 6.30. The molecule has 50 heavy (non-hydrogen) atoms. The van der Waals surface area contributed by atoms with E-state index in [-0.39, 0.29) is 54.4 Å². The number of anilines is 2. The number of rotatable bonds is 7. The van der Waals surface area contributed by atoms with Crippen LogP contribution in [-0.2, 0) is 4.79 Å². The van der Waals surface area contributed by atoms with Gasteiger partial charge in [-0.25, -0.2) is 23.1 Å². The summed E-state index contributed by atoms with van der Waals surface area (Å²) in [5.74, 6) is -2.95. The van der Waals surface area contributed by atoms with Crippen LogP contribution >= 0.6 is 0 Å². The molecule has 11 nitrogen and oxygen atoms in total. The molecule has 0 bridgehead atoms. The predicted octanol–water partition coefficient (Wildman–Crippen LogP) is 5.73. The summed E-state index contributed by atoms with van der Waals surface area (Å²) in [4.78, 5) is 56.5. The van der Waals surface area contributed by atoms with Crippen LogP contribution in [-0.4, -0.2) is 67.0 Å². The molecule has 1 unspecified atom stereocenters. The molecule has 0 radical (unpaired) electrons. The second-order valence-corrected chi connectivity index (χ2v) is 12.5. The van der Waals surface area contributed by atoms with E-state index in [1.165, 1.54) is 16.7 Å². The summed E-state index contributed by atoms with van der Waals surface area (Å²) in [5, 5.41) is 13.4. The SMILES string of the molecule is C=CC(=O)Nc1cccc(C(=O)N2CCN(c3nc(=O)n(-c4c(C)ccnc4C(C)C)c4nc(-c5c(O)cccc5F)c(F)cc34)C(C)C2)c1.